The zero-order valence-electron chi connectivity index (χ0n) is 13.5. The van der Waals surface area contributed by atoms with Crippen LogP contribution >= 0.6 is 11.3 Å². The van der Waals surface area contributed by atoms with Crippen LogP contribution in [0.25, 0.3) is 0 Å². The fourth-order valence-electron chi connectivity index (χ4n) is 2.66. The highest BCUT2D eigenvalue weighted by Gasteiger charge is 2.30. The summed E-state index contributed by atoms with van der Waals surface area (Å²) in [4.78, 5) is 15.1. The number of thiophene rings is 1. The lowest BCUT2D eigenvalue weighted by molar-refractivity contribution is 0.0874. The highest BCUT2D eigenvalue weighted by Crippen LogP contribution is 2.26. The number of aryl methyl sites for hydroxylation is 1. The van der Waals surface area contributed by atoms with E-state index in [-0.39, 0.29) is 12.3 Å². The van der Waals surface area contributed by atoms with Gasteiger partial charge in [-0.25, -0.2) is 8.42 Å². The Hall–Kier alpha value is -1.48. The minimum Gasteiger partial charge on any atom is -0.461 e. The first-order valence-electron chi connectivity index (χ1n) is 7.88. The number of piperazine rings is 1. The van der Waals surface area contributed by atoms with E-state index in [0.717, 1.165) is 11.3 Å². The number of rotatable bonds is 6. The molecule has 6 nitrogen and oxygen atoms in total. The van der Waals surface area contributed by atoms with Gasteiger partial charge >= 0.3 is 0 Å². The molecule has 0 saturated carbocycles. The van der Waals surface area contributed by atoms with Gasteiger partial charge in [-0.05, 0) is 30.7 Å². The van der Waals surface area contributed by atoms with Gasteiger partial charge in [-0.3, -0.25) is 9.69 Å². The van der Waals surface area contributed by atoms with Crippen molar-refractivity contribution < 1.29 is 17.6 Å². The van der Waals surface area contributed by atoms with E-state index < -0.39 is 10.0 Å². The molecule has 1 saturated heterocycles. The fraction of sp³-hybridized carbons (Fsp3) is 0.438. The number of Topliss-reactive ketones (excluding diaryl/α,β-unsaturated/α-hetero) is 1. The minimum atomic E-state index is -3.42. The Morgan fingerprint density at radius 3 is 2.54 bits per heavy atom. The van der Waals surface area contributed by atoms with Gasteiger partial charge in [-0.1, -0.05) is 6.92 Å². The first-order valence-corrected chi connectivity index (χ1v) is 10.1. The first kappa shape index (κ1) is 17.3. The molecule has 24 heavy (non-hydrogen) atoms. The number of sulfonamides is 1. The lowest BCUT2D eigenvalue weighted by Gasteiger charge is -2.33. The molecule has 0 atom stereocenters. The summed E-state index contributed by atoms with van der Waals surface area (Å²) >= 11 is 1.33. The number of carbonyl (C=O) groups excluding carboxylic acids is 1. The second-order valence-corrected chi connectivity index (χ2v) is 8.99. The van der Waals surface area contributed by atoms with E-state index in [9.17, 15) is 13.2 Å². The Morgan fingerprint density at radius 2 is 1.96 bits per heavy atom. The molecule has 0 spiro atoms. The van der Waals surface area contributed by atoms with Crippen molar-refractivity contribution in [2.24, 2.45) is 0 Å². The second-order valence-electron chi connectivity index (χ2n) is 5.66. The summed E-state index contributed by atoms with van der Waals surface area (Å²) in [7, 11) is -3.42. The highest BCUT2D eigenvalue weighted by atomic mass is 32.2. The van der Waals surface area contributed by atoms with Crippen LogP contribution in [0.3, 0.4) is 0 Å². The van der Waals surface area contributed by atoms with Gasteiger partial charge in [-0.15, -0.1) is 11.3 Å². The molecular formula is C16H20N2O4S2. The molecule has 1 aliphatic heterocycles. The summed E-state index contributed by atoms with van der Waals surface area (Å²) in [5.74, 6) is 0.262. The molecule has 0 bridgehead atoms. The van der Waals surface area contributed by atoms with Crippen LogP contribution in [0.15, 0.2) is 39.2 Å². The van der Waals surface area contributed by atoms with Gasteiger partial charge < -0.3 is 4.42 Å². The van der Waals surface area contributed by atoms with Crippen LogP contribution < -0.4 is 0 Å². The molecule has 1 fully saturated rings. The van der Waals surface area contributed by atoms with Crippen LogP contribution in [-0.4, -0.2) is 56.1 Å². The van der Waals surface area contributed by atoms with Gasteiger partial charge in [0.1, 0.15) is 4.21 Å². The second kappa shape index (κ2) is 7.18. The molecule has 1 aliphatic rings. The molecular weight excluding hydrogens is 348 g/mol. The SMILES string of the molecule is CCc1ccc(S(=O)(=O)N2CCN(CC(=O)c3ccco3)CC2)s1. The average Bonchev–Trinajstić information content (AvgIpc) is 3.27. The molecule has 3 rings (SSSR count). The Balaban J connectivity index is 1.59. The molecule has 0 amide bonds. The summed E-state index contributed by atoms with van der Waals surface area (Å²) in [6.45, 7) is 4.13. The third-order valence-corrected chi connectivity index (χ3v) is 7.67. The van der Waals surface area contributed by atoms with Crippen molar-refractivity contribution in [3.8, 4) is 0 Å². The fourth-order valence-corrected chi connectivity index (χ4v) is 5.53. The molecule has 2 aromatic rings. The summed E-state index contributed by atoms with van der Waals surface area (Å²) < 4.78 is 32.3. The molecule has 0 aliphatic carbocycles. The number of carbonyl (C=O) groups is 1. The van der Waals surface area contributed by atoms with Crippen LogP contribution in [0.4, 0.5) is 0 Å². The lowest BCUT2D eigenvalue weighted by Crippen LogP contribution is -2.49. The van der Waals surface area contributed by atoms with Gasteiger partial charge in [0, 0.05) is 31.1 Å². The van der Waals surface area contributed by atoms with Crippen LogP contribution in [0.5, 0.6) is 0 Å². The topological polar surface area (TPSA) is 70.8 Å². The van der Waals surface area contributed by atoms with Gasteiger partial charge in [-0.2, -0.15) is 4.31 Å². The molecule has 3 heterocycles. The van der Waals surface area contributed by atoms with Crippen LogP contribution in [0.2, 0.25) is 0 Å². The third kappa shape index (κ3) is 3.61. The van der Waals surface area contributed by atoms with E-state index in [1.807, 2.05) is 17.9 Å². The molecule has 0 unspecified atom stereocenters. The van der Waals surface area contributed by atoms with Gasteiger partial charge in [0.25, 0.3) is 10.0 Å². The van der Waals surface area contributed by atoms with Crippen LogP contribution in [-0.2, 0) is 16.4 Å². The van der Waals surface area contributed by atoms with Crippen molar-refractivity contribution in [3.63, 3.8) is 0 Å². The lowest BCUT2D eigenvalue weighted by atomic mass is 10.2. The van der Waals surface area contributed by atoms with E-state index in [0.29, 0.717) is 36.1 Å². The molecule has 0 aromatic carbocycles. The smallest absolute Gasteiger partial charge is 0.252 e. The number of furan rings is 1. The Labute approximate surface area is 145 Å². The maximum Gasteiger partial charge on any atom is 0.252 e. The Kier molecular flexibility index (Phi) is 5.19. The quantitative estimate of drug-likeness (QED) is 0.730. The van der Waals surface area contributed by atoms with E-state index in [2.05, 4.69) is 0 Å². The summed E-state index contributed by atoms with van der Waals surface area (Å²) in [5.41, 5.74) is 0. The molecule has 0 N–H and O–H groups in total. The van der Waals surface area contributed by atoms with Crippen LogP contribution in [0.1, 0.15) is 22.4 Å². The number of ketones is 1. The summed E-state index contributed by atoms with van der Waals surface area (Å²) in [5, 5.41) is 0. The average molecular weight is 368 g/mol. The van der Waals surface area contributed by atoms with Crippen molar-refractivity contribution in [1.29, 1.82) is 0 Å². The van der Waals surface area contributed by atoms with E-state index >= 15 is 0 Å². The van der Waals surface area contributed by atoms with Crippen molar-refractivity contribution in [1.82, 2.24) is 9.21 Å². The standard InChI is InChI=1S/C16H20N2O4S2/c1-2-13-5-6-16(23-13)24(20,21)18-9-7-17(8-10-18)12-14(19)15-4-3-11-22-15/h3-6,11H,2,7-10,12H2,1H3. The summed E-state index contributed by atoms with van der Waals surface area (Å²) in [6, 6.07) is 6.88. The van der Waals surface area contributed by atoms with Crippen molar-refractivity contribution in [2.75, 3.05) is 32.7 Å². The maximum absolute atomic E-state index is 12.7. The highest BCUT2D eigenvalue weighted by molar-refractivity contribution is 7.91. The van der Waals surface area contributed by atoms with Crippen molar-refractivity contribution in [3.05, 3.63) is 41.2 Å². The molecule has 8 heteroatoms. The summed E-state index contributed by atoms with van der Waals surface area (Å²) in [6.07, 6.45) is 2.31. The van der Waals surface area contributed by atoms with E-state index in [4.69, 9.17) is 4.42 Å². The van der Waals surface area contributed by atoms with Crippen molar-refractivity contribution >= 4 is 27.1 Å². The predicted molar refractivity (Wildman–Crippen MR) is 91.9 cm³/mol. The maximum atomic E-state index is 12.7. The van der Waals surface area contributed by atoms with E-state index in [1.165, 1.54) is 21.9 Å². The number of hydrogen-bond acceptors (Lipinski definition) is 6. The third-order valence-electron chi connectivity index (χ3n) is 4.07. The Morgan fingerprint density at radius 1 is 1.21 bits per heavy atom. The zero-order chi connectivity index (χ0) is 17.2. The molecule has 130 valence electrons. The normalized spacial score (nSPS) is 17.2. The first-order chi connectivity index (χ1) is 11.5. The van der Waals surface area contributed by atoms with Gasteiger partial charge in [0.05, 0.1) is 12.8 Å². The van der Waals surface area contributed by atoms with Gasteiger partial charge in [0.15, 0.2) is 5.76 Å². The number of nitrogens with zero attached hydrogens (tertiary/aromatic N) is 2. The van der Waals surface area contributed by atoms with E-state index in [1.54, 1.807) is 18.2 Å². The predicted octanol–water partition coefficient (Wildman–Crippen LogP) is 2.09. The van der Waals surface area contributed by atoms with Crippen LogP contribution in [0, 0.1) is 0 Å². The Bertz CT molecular complexity index is 788. The number of hydrogen-bond donors (Lipinski definition) is 0. The molecule has 0 radical (unpaired) electrons. The van der Waals surface area contributed by atoms with Gasteiger partial charge in [0.2, 0.25) is 5.78 Å². The minimum absolute atomic E-state index is 0.0813. The van der Waals surface area contributed by atoms with Crippen molar-refractivity contribution in [2.45, 2.75) is 17.6 Å². The monoisotopic (exact) mass is 368 g/mol. The zero-order valence-corrected chi connectivity index (χ0v) is 15.1. The largest absolute Gasteiger partial charge is 0.461 e. The molecule has 2 aromatic heterocycles.